The maximum atomic E-state index is 8.91. The fourth-order valence-corrected chi connectivity index (χ4v) is 3.75. The Morgan fingerprint density at radius 2 is 1.77 bits per heavy atom. The van der Waals surface area contributed by atoms with E-state index in [0.29, 0.717) is 43.8 Å². The molecular formula is C27H41ClN4O3. The maximum Gasteiger partial charge on any atom is 0.210 e. The van der Waals surface area contributed by atoms with Crippen LogP contribution in [-0.2, 0) is 16.7 Å². The molecule has 8 heteroatoms. The van der Waals surface area contributed by atoms with Crippen LogP contribution in [0.25, 0.3) is 0 Å². The SMILES string of the molecule is CCCCOc1cc(N(Cc2ccc(C(C)(C)C)cc2)C(=N)NN2CCOCC2)ccc1OC.Cl. The molecule has 194 valence electrons. The van der Waals surface area contributed by atoms with Crippen LogP contribution < -0.4 is 19.8 Å². The van der Waals surface area contributed by atoms with E-state index >= 15 is 0 Å². The van der Waals surface area contributed by atoms with E-state index in [4.69, 9.17) is 19.6 Å². The summed E-state index contributed by atoms with van der Waals surface area (Å²) in [6, 6.07) is 14.5. The van der Waals surface area contributed by atoms with Crippen LogP contribution in [0.2, 0.25) is 0 Å². The number of guanidine groups is 1. The molecule has 0 radical (unpaired) electrons. The number of morpholine rings is 1. The molecule has 0 amide bonds. The third kappa shape index (κ3) is 8.30. The molecular weight excluding hydrogens is 464 g/mol. The summed E-state index contributed by atoms with van der Waals surface area (Å²) in [6.07, 6.45) is 2.04. The zero-order valence-electron chi connectivity index (χ0n) is 21.7. The van der Waals surface area contributed by atoms with Crippen LogP contribution in [0.4, 0.5) is 5.69 Å². The zero-order valence-corrected chi connectivity index (χ0v) is 22.5. The number of hydrogen-bond donors (Lipinski definition) is 2. The van der Waals surface area contributed by atoms with Gasteiger partial charge in [-0.15, -0.1) is 12.4 Å². The van der Waals surface area contributed by atoms with E-state index in [1.54, 1.807) is 7.11 Å². The number of anilines is 1. The summed E-state index contributed by atoms with van der Waals surface area (Å²) in [7, 11) is 1.65. The van der Waals surface area contributed by atoms with Crippen LogP contribution >= 0.6 is 12.4 Å². The predicted molar refractivity (Wildman–Crippen MR) is 145 cm³/mol. The molecule has 2 aromatic rings. The van der Waals surface area contributed by atoms with Gasteiger partial charge in [0.05, 0.1) is 33.5 Å². The van der Waals surface area contributed by atoms with Crippen molar-refractivity contribution >= 4 is 24.1 Å². The summed E-state index contributed by atoms with van der Waals surface area (Å²) in [6.45, 7) is 12.8. The summed E-state index contributed by atoms with van der Waals surface area (Å²) >= 11 is 0. The normalized spacial score (nSPS) is 14.1. The summed E-state index contributed by atoms with van der Waals surface area (Å²) in [4.78, 5) is 1.97. The Hall–Kier alpha value is -2.48. The lowest BCUT2D eigenvalue weighted by Crippen LogP contribution is -2.53. The molecule has 0 aliphatic carbocycles. The minimum atomic E-state index is 0. The molecule has 3 rings (SSSR count). The van der Waals surface area contributed by atoms with Crippen molar-refractivity contribution in [3.05, 3.63) is 53.6 Å². The second kappa shape index (κ2) is 13.6. The number of nitrogens with zero attached hydrogens (tertiary/aromatic N) is 2. The van der Waals surface area contributed by atoms with Gasteiger partial charge in [-0.1, -0.05) is 58.4 Å². The van der Waals surface area contributed by atoms with Crippen molar-refractivity contribution in [2.45, 2.75) is 52.5 Å². The van der Waals surface area contributed by atoms with E-state index in [-0.39, 0.29) is 17.8 Å². The number of rotatable bonds is 9. The van der Waals surface area contributed by atoms with Gasteiger partial charge in [0.1, 0.15) is 0 Å². The fraction of sp³-hybridized carbons (Fsp3) is 0.519. The minimum Gasteiger partial charge on any atom is -0.493 e. The smallest absolute Gasteiger partial charge is 0.210 e. The quantitative estimate of drug-likeness (QED) is 0.272. The Labute approximate surface area is 216 Å². The third-order valence-corrected chi connectivity index (χ3v) is 5.92. The van der Waals surface area contributed by atoms with Gasteiger partial charge < -0.3 is 19.1 Å². The first-order valence-electron chi connectivity index (χ1n) is 12.2. The highest BCUT2D eigenvalue weighted by Crippen LogP contribution is 2.33. The van der Waals surface area contributed by atoms with Crippen LogP contribution in [0.15, 0.2) is 42.5 Å². The molecule has 0 unspecified atom stereocenters. The minimum absolute atomic E-state index is 0. The molecule has 1 saturated heterocycles. The van der Waals surface area contributed by atoms with Crippen LogP contribution in [0.5, 0.6) is 11.5 Å². The van der Waals surface area contributed by atoms with Crippen LogP contribution in [-0.4, -0.2) is 51.0 Å². The molecule has 0 spiro atoms. The van der Waals surface area contributed by atoms with Crippen LogP contribution in [0.1, 0.15) is 51.7 Å². The molecule has 2 N–H and O–H groups in total. The maximum absolute atomic E-state index is 8.91. The molecule has 1 aliphatic heterocycles. The van der Waals surface area contributed by atoms with Gasteiger partial charge in [-0.25, -0.2) is 5.01 Å². The van der Waals surface area contributed by atoms with Gasteiger partial charge in [0.25, 0.3) is 0 Å². The van der Waals surface area contributed by atoms with Gasteiger partial charge in [-0.05, 0) is 35.1 Å². The molecule has 0 aromatic heterocycles. The first-order chi connectivity index (χ1) is 16.3. The highest BCUT2D eigenvalue weighted by atomic mass is 35.5. The molecule has 0 saturated carbocycles. The monoisotopic (exact) mass is 504 g/mol. The van der Waals surface area contributed by atoms with Gasteiger partial charge in [-0.2, -0.15) is 0 Å². The lowest BCUT2D eigenvalue weighted by molar-refractivity contribution is 0.0243. The molecule has 35 heavy (non-hydrogen) atoms. The summed E-state index contributed by atoms with van der Waals surface area (Å²) < 4.78 is 17.0. The molecule has 1 heterocycles. The van der Waals surface area contributed by atoms with Crippen molar-refractivity contribution in [2.24, 2.45) is 0 Å². The Morgan fingerprint density at radius 1 is 1.09 bits per heavy atom. The average Bonchev–Trinajstić information content (AvgIpc) is 2.83. The second-order valence-corrected chi connectivity index (χ2v) is 9.63. The fourth-order valence-electron chi connectivity index (χ4n) is 3.75. The van der Waals surface area contributed by atoms with Crippen molar-refractivity contribution in [2.75, 3.05) is 44.9 Å². The number of ether oxygens (including phenoxy) is 3. The lowest BCUT2D eigenvalue weighted by atomic mass is 9.87. The van der Waals surface area contributed by atoms with Gasteiger partial charge in [0, 0.05) is 24.8 Å². The van der Waals surface area contributed by atoms with Crippen molar-refractivity contribution in [3.63, 3.8) is 0 Å². The molecule has 1 aliphatic rings. The van der Waals surface area contributed by atoms with Crippen molar-refractivity contribution in [3.8, 4) is 11.5 Å². The van der Waals surface area contributed by atoms with Gasteiger partial charge in [0.15, 0.2) is 11.5 Å². The predicted octanol–water partition coefficient (Wildman–Crippen LogP) is 5.37. The number of benzene rings is 2. The van der Waals surface area contributed by atoms with Crippen molar-refractivity contribution in [1.82, 2.24) is 10.4 Å². The van der Waals surface area contributed by atoms with E-state index in [1.807, 2.05) is 28.1 Å². The third-order valence-electron chi connectivity index (χ3n) is 5.92. The van der Waals surface area contributed by atoms with Gasteiger partial charge >= 0.3 is 0 Å². The number of methoxy groups -OCH3 is 1. The highest BCUT2D eigenvalue weighted by Gasteiger charge is 2.20. The molecule has 7 nitrogen and oxygen atoms in total. The van der Waals surface area contributed by atoms with E-state index in [2.05, 4.69) is 57.4 Å². The van der Waals surface area contributed by atoms with E-state index < -0.39 is 0 Å². The van der Waals surface area contributed by atoms with E-state index in [0.717, 1.165) is 37.2 Å². The van der Waals surface area contributed by atoms with Crippen LogP contribution in [0, 0.1) is 5.41 Å². The van der Waals surface area contributed by atoms with E-state index in [1.165, 1.54) is 5.56 Å². The number of nitrogens with one attached hydrogen (secondary N) is 2. The van der Waals surface area contributed by atoms with Crippen molar-refractivity contribution in [1.29, 1.82) is 5.41 Å². The topological polar surface area (TPSA) is 70.1 Å². The number of hydrogen-bond acceptors (Lipinski definition) is 5. The molecule has 1 fully saturated rings. The highest BCUT2D eigenvalue weighted by molar-refractivity contribution is 5.93. The molecule has 0 atom stereocenters. The van der Waals surface area contributed by atoms with Crippen molar-refractivity contribution < 1.29 is 14.2 Å². The standard InChI is InChI=1S/C27H40N4O3.ClH/c1-6-7-16-34-25-19-23(12-13-24(25)32-5)31(26(28)29-30-14-17-33-18-15-30)20-21-8-10-22(11-9-21)27(2,3)4;/h8-13,19H,6-7,14-18,20H2,1-5H3,(H2,28,29);1H. The van der Waals surface area contributed by atoms with E-state index in [9.17, 15) is 0 Å². The number of unbranched alkanes of at least 4 members (excludes halogenated alkanes) is 1. The summed E-state index contributed by atoms with van der Waals surface area (Å²) in [5.41, 5.74) is 6.66. The Kier molecular flexibility index (Phi) is 11.1. The largest absolute Gasteiger partial charge is 0.493 e. The second-order valence-electron chi connectivity index (χ2n) is 9.63. The lowest BCUT2D eigenvalue weighted by Gasteiger charge is -2.33. The zero-order chi connectivity index (χ0) is 24.6. The number of hydrazine groups is 1. The first kappa shape index (κ1) is 28.8. The average molecular weight is 505 g/mol. The van der Waals surface area contributed by atoms with Crippen LogP contribution in [0.3, 0.4) is 0 Å². The summed E-state index contributed by atoms with van der Waals surface area (Å²) in [5, 5.41) is 10.9. The molecule has 0 bridgehead atoms. The number of halogens is 1. The Bertz CT molecular complexity index is 925. The Balaban J connectivity index is 0.00000432. The molecule has 2 aromatic carbocycles. The summed E-state index contributed by atoms with van der Waals surface area (Å²) in [5.74, 6) is 1.70. The van der Waals surface area contributed by atoms with Gasteiger partial charge in [-0.3, -0.25) is 10.8 Å². The first-order valence-corrected chi connectivity index (χ1v) is 12.2. The Morgan fingerprint density at radius 3 is 2.37 bits per heavy atom. The van der Waals surface area contributed by atoms with Gasteiger partial charge in [0.2, 0.25) is 5.96 Å².